The average molecular weight is 479 g/mol. The minimum Gasteiger partial charge on any atom is -0.370 e. The number of nitrogens with zero attached hydrogens (tertiary/aromatic N) is 2. The highest BCUT2D eigenvalue weighted by atomic mass is 127. The Balaban J connectivity index is 0.00000338. The minimum atomic E-state index is -4.45. The van der Waals surface area contributed by atoms with Crippen LogP contribution >= 0.6 is 24.0 Å². The van der Waals surface area contributed by atoms with E-state index in [1.54, 1.807) is 0 Å². The lowest BCUT2D eigenvalue weighted by atomic mass is 10.1. The number of anilines is 2. The number of benzene rings is 1. The monoisotopic (exact) mass is 479 g/mol. The van der Waals surface area contributed by atoms with Crippen molar-refractivity contribution in [1.29, 1.82) is 0 Å². The molecule has 0 amide bonds. The summed E-state index contributed by atoms with van der Waals surface area (Å²) in [6.07, 6.45) is -2.20. The van der Waals surface area contributed by atoms with Crippen molar-refractivity contribution in [3.8, 4) is 0 Å². The third kappa shape index (κ3) is 6.70. The van der Waals surface area contributed by atoms with Crippen LogP contribution in [0.2, 0.25) is 0 Å². The molecule has 0 aliphatic carbocycles. The van der Waals surface area contributed by atoms with Gasteiger partial charge in [0.1, 0.15) is 5.82 Å². The molecule has 0 bridgehead atoms. The quantitative estimate of drug-likeness (QED) is 0.252. The molecule has 1 heterocycles. The van der Waals surface area contributed by atoms with Gasteiger partial charge in [0, 0.05) is 18.4 Å². The highest BCUT2D eigenvalue weighted by Gasteiger charge is 2.33. The molecule has 0 saturated carbocycles. The zero-order valence-electron chi connectivity index (χ0n) is 14.2. The van der Waals surface area contributed by atoms with Crippen molar-refractivity contribution < 1.29 is 13.2 Å². The molecule has 4 N–H and O–H groups in total. The van der Waals surface area contributed by atoms with Crippen molar-refractivity contribution in [2.75, 3.05) is 23.7 Å². The van der Waals surface area contributed by atoms with E-state index in [2.05, 4.69) is 27.5 Å². The zero-order chi connectivity index (χ0) is 18.3. The van der Waals surface area contributed by atoms with E-state index >= 15 is 0 Å². The maximum atomic E-state index is 12.8. The smallest absolute Gasteiger partial charge is 0.370 e. The summed E-state index contributed by atoms with van der Waals surface area (Å²) in [5, 5.41) is 5.56. The SMILES string of the molecule is CCc1ccc(NC(N)=NCCNc2ncccc2C(F)(F)F)cc1.I. The molecule has 0 unspecified atom stereocenters. The Morgan fingerprint density at radius 2 is 1.88 bits per heavy atom. The van der Waals surface area contributed by atoms with Gasteiger partial charge in [-0.25, -0.2) is 4.98 Å². The predicted molar refractivity (Wildman–Crippen MR) is 109 cm³/mol. The molecule has 0 aliphatic rings. The van der Waals surface area contributed by atoms with Crippen molar-refractivity contribution in [2.24, 2.45) is 10.7 Å². The number of hydrogen-bond donors (Lipinski definition) is 3. The first-order valence-corrected chi connectivity index (χ1v) is 7.82. The number of rotatable bonds is 6. The molecule has 0 spiro atoms. The van der Waals surface area contributed by atoms with E-state index in [0.717, 1.165) is 18.2 Å². The van der Waals surface area contributed by atoms with Gasteiger partial charge in [0.2, 0.25) is 0 Å². The Morgan fingerprint density at radius 1 is 1.19 bits per heavy atom. The Kier molecular flexibility index (Phi) is 8.62. The van der Waals surface area contributed by atoms with Crippen molar-refractivity contribution in [1.82, 2.24) is 4.98 Å². The largest absolute Gasteiger partial charge is 0.419 e. The second kappa shape index (κ2) is 10.2. The molecule has 0 radical (unpaired) electrons. The molecule has 0 fully saturated rings. The summed E-state index contributed by atoms with van der Waals surface area (Å²) in [7, 11) is 0. The predicted octanol–water partition coefficient (Wildman–Crippen LogP) is 4.12. The normalized spacial score (nSPS) is 11.6. The van der Waals surface area contributed by atoms with Gasteiger partial charge >= 0.3 is 6.18 Å². The van der Waals surface area contributed by atoms with Crippen molar-refractivity contribution in [2.45, 2.75) is 19.5 Å². The first kappa shape index (κ1) is 22.0. The number of halogens is 4. The van der Waals surface area contributed by atoms with E-state index in [4.69, 9.17) is 5.73 Å². The number of nitrogens with two attached hydrogens (primary N) is 1. The van der Waals surface area contributed by atoms with Gasteiger partial charge in [-0.05, 0) is 36.2 Å². The number of nitrogens with one attached hydrogen (secondary N) is 2. The van der Waals surface area contributed by atoms with E-state index in [1.165, 1.54) is 17.8 Å². The van der Waals surface area contributed by atoms with Crippen LogP contribution in [0.4, 0.5) is 24.7 Å². The highest BCUT2D eigenvalue weighted by molar-refractivity contribution is 14.0. The van der Waals surface area contributed by atoms with Gasteiger partial charge in [0.05, 0.1) is 12.1 Å². The first-order valence-electron chi connectivity index (χ1n) is 7.82. The summed E-state index contributed by atoms with van der Waals surface area (Å²) in [6, 6.07) is 9.98. The number of guanidine groups is 1. The van der Waals surface area contributed by atoms with Gasteiger partial charge in [0.15, 0.2) is 5.96 Å². The van der Waals surface area contributed by atoms with Crippen LogP contribution in [0.25, 0.3) is 0 Å². The van der Waals surface area contributed by atoms with Gasteiger partial charge in [0.25, 0.3) is 0 Å². The second-order valence-electron chi connectivity index (χ2n) is 5.27. The summed E-state index contributed by atoms with van der Waals surface area (Å²) in [6.45, 7) is 2.45. The third-order valence-electron chi connectivity index (χ3n) is 3.43. The summed E-state index contributed by atoms with van der Waals surface area (Å²) >= 11 is 0. The molecule has 0 aliphatic heterocycles. The van der Waals surface area contributed by atoms with Crippen LogP contribution in [0.5, 0.6) is 0 Å². The molecular weight excluding hydrogens is 458 g/mol. The van der Waals surface area contributed by atoms with E-state index in [1.807, 2.05) is 24.3 Å². The van der Waals surface area contributed by atoms with Gasteiger partial charge in [-0.1, -0.05) is 19.1 Å². The lowest BCUT2D eigenvalue weighted by Crippen LogP contribution is -2.24. The molecule has 9 heteroatoms. The van der Waals surface area contributed by atoms with Crippen molar-refractivity contribution >= 4 is 41.4 Å². The van der Waals surface area contributed by atoms with Crippen LogP contribution in [-0.4, -0.2) is 24.0 Å². The first-order chi connectivity index (χ1) is 11.9. The van der Waals surface area contributed by atoms with Gasteiger partial charge in [-0.15, -0.1) is 24.0 Å². The van der Waals surface area contributed by atoms with Crippen molar-refractivity contribution in [3.05, 3.63) is 53.7 Å². The second-order valence-corrected chi connectivity index (χ2v) is 5.27. The van der Waals surface area contributed by atoms with Gasteiger partial charge in [-0.3, -0.25) is 4.99 Å². The number of alkyl halides is 3. The maximum Gasteiger partial charge on any atom is 0.419 e. The van der Waals surface area contributed by atoms with Crippen LogP contribution in [0.1, 0.15) is 18.1 Å². The summed E-state index contributed by atoms with van der Waals surface area (Å²) < 4.78 is 38.5. The van der Waals surface area contributed by atoms with E-state index in [0.29, 0.717) is 0 Å². The molecule has 142 valence electrons. The van der Waals surface area contributed by atoms with Crippen LogP contribution in [0.3, 0.4) is 0 Å². The van der Waals surface area contributed by atoms with Gasteiger partial charge in [-0.2, -0.15) is 13.2 Å². The molecule has 1 aromatic carbocycles. The fourth-order valence-electron chi connectivity index (χ4n) is 2.14. The van der Waals surface area contributed by atoms with E-state index < -0.39 is 11.7 Å². The molecule has 26 heavy (non-hydrogen) atoms. The highest BCUT2D eigenvalue weighted by Crippen LogP contribution is 2.33. The van der Waals surface area contributed by atoms with E-state index in [9.17, 15) is 13.2 Å². The molecule has 0 atom stereocenters. The van der Waals surface area contributed by atoms with Crippen LogP contribution in [-0.2, 0) is 12.6 Å². The Labute approximate surface area is 167 Å². The fourth-order valence-corrected chi connectivity index (χ4v) is 2.14. The fraction of sp³-hybridized carbons (Fsp3) is 0.294. The maximum absolute atomic E-state index is 12.8. The Morgan fingerprint density at radius 3 is 2.50 bits per heavy atom. The number of pyridine rings is 1. The zero-order valence-corrected chi connectivity index (χ0v) is 16.5. The number of hydrogen-bond acceptors (Lipinski definition) is 3. The summed E-state index contributed by atoms with van der Waals surface area (Å²) in [4.78, 5) is 7.80. The van der Waals surface area contributed by atoms with E-state index in [-0.39, 0.29) is 48.8 Å². The number of aryl methyl sites for hydroxylation is 1. The molecule has 2 aromatic rings. The molecule has 0 saturated heterocycles. The number of aromatic nitrogens is 1. The van der Waals surface area contributed by atoms with Crippen LogP contribution in [0, 0.1) is 0 Å². The molecule has 2 rings (SSSR count). The summed E-state index contributed by atoms with van der Waals surface area (Å²) in [5.41, 5.74) is 6.98. The summed E-state index contributed by atoms with van der Waals surface area (Å²) in [5.74, 6) is -0.0185. The lowest BCUT2D eigenvalue weighted by Gasteiger charge is -2.12. The Hall–Kier alpha value is -2.04. The van der Waals surface area contributed by atoms with Gasteiger partial charge < -0.3 is 16.4 Å². The standard InChI is InChI=1S/C17H20F3N5.HI/c1-2-12-5-7-13(8-6-12)25-16(21)24-11-10-23-15-14(17(18,19)20)4-3-9-22-15;/h3-9H,2,10-11H2,1H3,(H,22,23)(H3,21,24,25);1H. The average Bonchev–Trinajstić information content (AvgIpc) is 2.59. The lowest BCUT2D eigenvalue weighted by molar-refractivity contribution is -0.137. The number of aliphatic imine (C=N–C) groups is 1. The minimum absolute atomic E-state index is 0. The van der Waals surface area contributed by atoms with Crippen molar-refractivity contribution in [3.63, 3.8) is 0 Å². The van der Waals surface area contributed by atoms with Crippen LogP contribution in [0.15, 0.2) is 47.6 Å². The molecule has 1 aromatic heterocycles. The molecule has 5 nitrogen and oxygen atoms in total. The Bertz CT molecular complexity index is 717. The third-order valence-corrected chi connectivity index (χ3v) is 3.43. The topological polar surface area (TPSA) is 75.3 Å². The molecular formula is C17H21F3IN5. The van der Waals surface area contributed by atoms with Crippen LogP contribution < -0.4 is 16.4 Å².